The lowest BCUT2D eigenvalue weighted by molar-refractivity contribution is -0.113. The summed E-state index contributed by atoms with van der Waals surface area (Å²) in [5, 5.41) is 0. The van der Waals surface area contributed by atoms with Crippen LogP contribution in [0.25, 0.3) is 6.08 Å². The quantitative estimate of drug-likeness (QED) is 0.396. The van der Waals surface area contributed by atoms with E-state index in [1.54, 1.807) is 36.4 Å². The number of aliphatic imine (C=N–C) groups is 1. The van der Waals surface area contributed by atoms with E-state index < -0.39 is 5.82 Å². The van der Waals surface area contributed by atoms with Gasteiger partial charge in [-0.3, -0.25) is 9.69 Å². The Bertz CT molecular complexity index is 1110. The molecule has 1 amide bonds. The Morgan fingerprint density at radius 3 is 2.11 bits per heavy atom. The van der Waals surface area contributed by atoms with Gasteiger partial charge in [-0.2, -0.15) is 0 Å². The van der Waals surface area contributed by atoms with E-state index in [1.807, 2.05) is 36.4 Å². The topological polar surface area (TPSA) is 32.7 Å². The van der Waals surface area contributed by atoms with Crippen molar-refractivity contribution in [1.82, 2.24) is 0 Å². The summed E-state index contributed by atoms with van der Waals surface area (Å²) in [6.07, 6.45) is 1.70. The molecule has 0 N–H and O–H groups in total. The molecule has 0 aromatic heterocycles. The summed E-state index contributed by atoms with van der Waals surface area (Å²) in [6.45, 7) is 0. The number of anilines is 1. The fourth-order valence-electron chi connectivity index (χ4n) is 2.89. The third-order valence-electron chi connectivity index (χ3n) is 4.23. The summed E-state index contributed by atoms with van der Waals surface area (Å²) in [7, 11) is 0. The van der Waals surface area contributed by atoms with Crippen LogP contribution in [0.15, 0.2) is 92.4 Å². The highest BCUT2D eigenvalue weighted by atomic mass is 79.9. The number of carbonyl (C=O) groups excluding carboxylic acids is 1. The molecule has 1 aliphatic rings. The minimum atomic E-state index is -0.430. The molecule has 138 valence electrons. The van der Waals surface area contributed by atoms with Crippen LogP contribution in [0.3, 0.4) is 0 Å². The highest BCUT2D eigenvalue weighted by Gasteiger charge is 2.33. The Morgan fingerprint density at radius 2 is 1.46 bits per heavy atom. The molecule has 4 rings (SSSR count). The normalized spacial score (nSPS) is 15.2. The molecule has 0 atom stereocenters. The van der Waals surface area contributed by atoms with Crippen LogP contribution in [0, 0.1) is 5.82 Å². The molecule has 0 fully saturated rings. The molecule has 0 unspecified atom stereocenters. The van der Waals surface area contributed by atoms with Gasteiger partial charge in [-0.05, 0) is 60.2 Å². The Balaban J connectivity index is 1.84. The second-order valence-electron chi connectivity index (χ2n) is 6.11. The molecule has 6 heteroatoms. The number of amidine groups is 1. The van der Waals surface area contributed by atoms with Crippen LogP contribution in [0.2, 0.25) is 0 Å². The lowest BCUT2D eigenvalue weighted by atomic mass is 10.1. The van der Waals surface area contributed by atoms with Gasteiger partial charge in [0.1, 0.15) is 11.5 Å². The maximum Gasteiger partial charge on any atom is 0.282 e. The van der Waals surface area contributed by atoms with E-state index in [-0.39, 0.29) is 23.0 Å². The Kier molecular flexibility index (Phi) is 5.24. The molecule has 3 aromatic rings. The number of hydrogen-bond acceptors (Lipinski definition) is 2. The minimum Gasteiger partial charge on any atom is -0.266 e. The van der Waals surface area contributed by atoms with Crippen LogP contribution >= 0.6 is 31.9 Å². The maximum absolute atomic E-state index is 14.5. The molecule has 3 aromatic carbocycles. The Morgan fingerprint density at radius 1 is 0.857 bits per heavy atom. The molecule has 0 aliphatic carbocycles. The zero-order chi connectivity index (χ0) is 19.7. The van der Waals surface area contributed by atoms with Crippen LogP contribution in [-0.2, 0) is 4.79 Å². The second kappa shape index (κ2) is 7.81. The monoisotopic (exact) mass is 498 g/mol. The largest absolute Gasteiger partial charge is 0.282 e. The Hall–Kier alpha value is -2.57. The van der Waals surface area contributed by atoms with Gasteiger partial charge in [0.05, 0.1) is 11.3 Å². The SMILES string of the molecule is O=C1/C(=C\c2ccc(Br)cc2)N=C(c2ccccc2F)N1c1ccc(Br)cc1. The zero-order valence-corrected chi connectivity index (χ0v) is 17.6. The minimum absolute atomic E-state index is 0.253. The van der Waals surface area contributed by atoms with Gasteiger partial charge in [0.25, 0.3) is 5.91 Å². The predicted octanol–water partition coefficient (Wildman–Crippen LogP) is 6.19. The van der Waals surface area contributed by atoms with Gasteiger partial charge in [0.2, 0.25) is 0 Å². The van der Waals surface area contributed by atoms with E-state index in [2.05, 4.69) is 36.9 Å². The summed E-state index contributed by atoms with van der Waals surface area (Å²) in [5.74, 6) is -0.460. The summed E-state index contributed by atoms with van der Waals surface area (Å²) >= 11 is 6.79. The molecule has 0 saturated carbocycles. The first-order chi connectivity index (χ1) is 13.5. The molecule has 1 heterocycles. The van der Waals surface area contributed by atoms with Crippen LogP contribution < -0.4 is 4.90 Å². The molecular weight excluding hydrogens is 487 g/mol. The molecule has 0 spiro atoms. The van der Waals surface area contributed by atoms with E-state index in [1.165, 1.54) is 11.0 Å². The summed E-state index contributed by atoms with van der Waals surface area (Å²) in [4.78, 5) is 19.1. The van der Waals surface area contributed by atoms with Crippen LogP contribution in [0.5, 0.6) is 0 Å². The van der Waals surface area contributed by atoms with E-state index >= 15 is 0 Å². The average molecular weight is 500 g/mol. The van der Waals surface area contributed by atoms with Gasteiger partial charge >= 0.3 is 0 Å². The number of carbonyl (C=O) groups is 1. The summed E-state index contributed by atoms with van der Waals surface area (Å²) in [6, 6.07) is 21.1. The first-order valence-corrected chi connectivity index (χ1v) is 10.0. The number of hydrogen-bond donors (Lipinski definition) is 0. The number of rotatable bonds is 3. The average Bonchev–Trinajstić information content (AvgIpc) is 3.01. The predicted molar refractivity (Wildman–Crippen MR) is 117 cm³/mol. The van der Waals surface area contributed by atoms with Crippen molar-refractivity contribution in [2.24, 2.45) is 4.99 Å². The van der Waals surface area contributed by atoms with E-state index in [9.17, 15) is 9.18 Å². The van der Waals surface area contributed by atoms with E-state index in [4.69, 9.17) is 0 Å². The highest BCUT2D eigenvalue weighted by Crippen LogP contribution is 2.29. The van der Waals surface area contributed by atoms with Crippen LogP contribution in [-0.4, -0.2) is 11.7 Å². The van der Waals surface area contributed by atoms with E-state index in [0.717, 1.165) is 14.5 Å². The molecular formula is C22H13Br2FN2O. The van der Waals surface area contributed by atoms with Gasteiger partial charge in [-0.15, -0.1) is 0 Å². The Labute approximate surface area is 178 Å². The van der Waals surface area contributed by atoms with Crippen molar-refractivity contribution in [3.63, 3.8) is 0 Å². The molecule has 28 heavy (non-hydrogen) atoms. The third kappa shape index (κ3) is 3.70. The van der Waals surface area contributed by atoms with Crippen molar-refractivity contribution in [1.29, 1.82) is 0 Å². The molecule has 0 saturated heterocycles. The van der Waals surface area contributed by atoms with Crippen molar-refractivity contribution in [3.05, 3.63) is 104 Å². The lowest BCUT2D eigenvalue weighted by Gasteiger charge is -2.19. The smallest absolute Gasteiger partial charge is 0.266 e. The standard InChI is InChI=1S/C22H13Br2FN2O/c23-15-7-5-14(6-8-15)13-20-22(28)27(17-11-9-16(24)10-12-17)21(26-20)18-3-1-2-4-19(18)25/h1-13H/b20-13+. The van der Waals surface area contributed by atoms with Crippen molar-refractivity contribution in [2.45, 2.75) is 0 Å². The van der Waals surface area contributed by atoms with Crippen LogP contribution in [0.4, 0.5) is 10.1 Å². The van der Waals surface area contributed by atoms with Crippen LogP contribution in [0.1, 0.15) is 11.1 Å². The summed E-state index contributed by atoms with van der Waals surface area (Å²) in [5.41, 5.74) is 1.98. The fraction of sp³-hybridized carbons (Fsp3) is 0. The van der Waals surface area contributed by atoms with Crippen molar-refractivity contribution >= 4 is 55.4 Å². The van der Waals surface area contributed by atoms with Gasteiger partial charge < -0.3 is 0 Å². The number of benzene rings is 3. The first kappa shape index (κ1) is 18.8. The second-order valence-corrected chi connectivity index (χ2v) is 7.94. The first-order valence-electron chi connectivity index (χ1n) is 8.44. The van der Waals surface area contributed by atoms with Gasteiger partial charge in [-0.1, -0.05) is 56.1 Å². The molecule has 0 bridgehead atoms. The fourth-order valence-corrected chi connectivity index (χ4v) is 3.42. The van der Waals surface area contributed by atoms with Gasteiger partial charge in [0.15, 0.2) is 5.84 Å². The number of nitrogens with zero attached hydrogens (tertiary/aromatic N) is 2. The molecule has 0 radical (unpaired) electrons. The molecule has 3 nitrogen and oxygen atoms in total. The maximum atomic E-state index is 14.5. The van der Waals surface area contributed by atoms with E-state index in [0.29, 0.717) is 5.69 Å². The highest BCUT2D eigenvalue weighted by molar-refractivity contribution is 9.10. The number of amides is 1. The zero-order valence-electron chi connectivity index (χ0n) is 14.4. The summed E-state index contributed by atoms with van der Waals surface area (Å²) < 4.78 is 16.3. The van der Waals surface area contributed by atoms with Crippen molar-refractivity contribution < 1.29 is 9.18 Å². The van der Waals surface area contributed by atoms with Crippen molar-refractivity contribution in [3.8, 4) is 0 Å². The third-order valence-corrected chi connectivity index (χ3v) is 5.29. The lowest BCUT2D eigenvalue weighted by Crippen LogP contribution is -2.33. The van der Waals surface area contributed by atoms with Gasteiger partial charge in [-0.25, -0.2) is 9.38 Å². The van der Waals surface area contributed by atoms with Gasteiger partial charge in [0, 0.05) is 8.95 Å². The number of halogens is 3. The molecule has 1 aliphatic heterocycles. The van der Waals surface area contributed by atoms with Crippen molar-refractivity contribution in [2.75, 3.05) is 4.90 Å².